The van der Waals surface area contributed by atoms with E-state index in [0.29, 0.717) is 0 Å². The van der Waals surface area contributed by atoms with Crippen molar-refractivity contribution in [2.45, 2.75) is 6.29 Å². The van der Waals surface area contributed by atoms with E-state index in [1.807, 2.05) is 0 Å². The van der Waals surface area contributed by atoms with Crippen molar-refractivity contribution >= 4 is 13.9 Å². The van der Waals surface area contributed by atoms with E-state index in [2.05, 4.69) is 4.52 Å². The van der Waals surface area contributed by atoms with Gasteiger partial charge in [-0.1, -0.05) is 0 Å². The van der Waals surface area contributed by atoms with Crippen LogP contribution in [0.3, 0.4) is 0 Å². The summed E-state index contributed by atoms with van der Waals surface area (Å²) in [5.74, 6) is 0. The second kappa shape index (κ2) is 4.99. The maximum absolute atomic E-state index is 10.3. The fourth-order valence-corrected chi connectivity index (χ4v) is 1.25. The molecule has 0 aliphatic carbocycles. The lowest BCUT2D eigenvalue weighted by Crippen LogP contribution is -1.98. The van der Waals surface area contributed by atoms with Crippen molar-refractivity contribution in [3.63, 3.8) is 0 Å². The minimum absolute atomic E-state index is 0.136. The van der Waals surface area contributed by atoms with Crippen LogP contribution in [0.15, 0.2) is 24.3 Å². The van der Waals surface area contributed by atoms with Gasteiger partial charge in [-0.3, -0.25) is 19.2 Å². The lowest BCUT2D eigenvalue weighted by Gasteiger charge is -2.08. The van der Waals surface area contributed by atoms with Crippen LogP contribution in [0.1, 0.15) is 11.9 Å². The van der Waals surface area contributed by atoms with Gasteiger partial charge in [0.05, 0.1) is 4.92 Å². The predicted octanol–water partition coefficient (Wildman–Crippen LogP) is 0.984. The first-order valence-electron chi connectivity index (χ1n) is 3.82. The Morgan fingerprint density at radius 1 is 1.40 bits per heavy atom. The highest BCUT2D eigenvalue weighted by Crippen LogP contribution is 2.27. The molecule has 0 aromatic heterocycles. The molecule has 8 heteroatoms. The molecule has 1 rings (SSSR count). The minimum atomic E-state index is -3.24. The standard InChI is InChI=1S/C7H8NO6P/c9-7(14-15(12)13)5-1-3-6(4-2-5)8(10)11/h1-4,7,9,15H,(H,12,13). The van der Waals surface area contributed by atoms with Gasteiger partial charge < -0.3 is 10.00 Å². The number of rotatable bonds is 4. The quantitative estimate of drug-likeness (QED) is 0.347. The number of hydrogen-bond donors (Lipinski definition) is 2. The van der Waals surface area contributed by atoms with Gasteiger partial charge in [0.2, 0.25) is 0 Å². The average molecular weight is 233 g/mol. The Kier molecular flexibility index (Phi) is 3.93. The van der Waals surface area contributed by atoms with E-state index >= 15 is 0 Å². The van der Waals surface area contributed by atoms with E-state index in [4.69, 9.17) is 4.89 Å². The number of nitrogens with zero attached hydrogens (tertiary/aromatic N) is 1. The van der Waals surface area contributed by atoms with Gasteiger partial charge in [0.1, 0.15) is 0 Å². The summed E-state index contributed by atoms with van der Waals surface area (Å²) in [7, 11) is -3.24. The molecular weight excluding hydrogens is 225 g/mol. The summed E-state index contributed by atoms with van der Waals surface area (Å²) in [6.07, 6.45) is -1.55. The van der Waals surface area contributed by atoms with Gasteiger partial charge in [-0.05, 0) is 12.1 Å². The van der Waals surface area contributed by atoms with Crippen LogP contribution in [0.2, 0.25) is 0 Å². The first-order valence-corrected chi connectivity index (χ1v) is 5.09. The first-order chi connectivity index (χ1) is 7.00. The zero-order valence-electron chi connectivity index (χ0n) is 7.36. The summed E-state index contributed by atoms with van der Waals surface area (Å²) < 4.78 is 14.5. The highest BCUT2D eigenvalue weighted by molar-refractivity contribution is 7.32. The smallest absolute Gasteiger partial charge is 0.319 e. The van der Waals surface area contributed by atoms with Crippen LogP contribution in [-0.2, 0) is 9.09 Å². The van der Waals surface area contributed by atoms with Crippen molar-refractivity contribution < 1.29 is 24.0 Å². The molecule has 7 nitrogen and oxygen atoms in total. The summed E-state index contributed by atoms with van der Waals surface area (Å²) in [5, 5.41) is 19.5. The molecule has 15 heavy (non-hydrogen) atoms. The molecule has 1 aromatic carbocycles. The van der Waals surface area contributed by atoms with Crippen LogP contribution in [0.4, 0.5) is 5.69 Å². The van der Waals surface area contributed by atoms with Crippen LogP contribution in [-0.4, -0.2) is 14.9 Å². The predicted molar refractivity (Wildman–Crippen MR) is 50.4 cm³/mol. The molecule has 2 N–H and O–H groups in total. The van der Waals surface area contributed by atoms with Crippen LogP contribution in [0, 0.1) is 10.1 Å². The summed E-state index contributed by atoms with van der Waals surface area (Å²) in [6, 6.07) is 4.81. The third-order valence-electron chi connectivity index (χ3n) is 1.60. The fourth-order valence-electron chi connectivity index (χ4n) is 0.924. The largest absolute Gasteiger partial charge is 0.364 e. The Bertz CT molecular complexity index is 378. The topological polar surface area (TPSA) is 110 Å². The molecule has 0 amide bonds. The molecule has 0 radical (unpaired) electrons. The van der Waals surface area contributed by atoms with Gasteiger partial charge in [0.15, 0.2) is 6.29 Å². The molecule has 0 spiro atoms. The molecule has 0 heterocycles. The molecule has 0 saturated heterocycles. The zero-order valence-corrected chi connectivity index (χ0v) is 8.36. The molecule has 82 valence electrons. The van der Waals surface area contributed by atoms with Crippen molar-refractivity contribution in [2.24, 2.45) is 0 Å². The number of non-ortho nitro benzene ring substituents is 1. The van der Waals surface area contributed by atoms with Crippen molar-refractivity contribution in [1.29, 1.82) is 0 Å². The summed E-state index contributed by atoms with van der Waals surface area (Å²) >= 11 is 0. The number of benzene rings is 1. The van der Waals surface area contributed by atoms with E-state index in [1.165, 1.54) is 12.1 Å². The molecular formula is C7H8NO6P. The highest BCUT2D eigenvalue weighted by Gasteiger charge is 2.12. The number of nitro benzene ring substituents is 1. The SMILES string of the molecule is O=[N+]([O-])c1ccc(C(O)O[PH](=O)O)cc1. The molecule has 0 bridgehead atoms. The second-order valence-electron chi connectivity index (χ2n) is 2.58. The monoisotopic (exact) mass is 233 g/mol. The minimum Gasteiger partial charge on any atom is -0.364 e. The molecule has 0 aliphatic heterocycles. The average Bonchev–Trinajstić information content (AvgIpc) is 2.17. The molecule has 0 fully saturated rings. The Morgan fingerprint density at radius 3 is 2.33 bits per heavy atom. The first kappa shape index (κ1) is 11.8. The summed E-state index contributed by atoms with van der Waals surface area (Å²) in [4.78, 5) is 18.1. The van der Waals surface area contributed by atoms with Crippen LogP contribution >= 0.6 is 8.25 Å². The highest BCUT2D eigenvalue weighted by atomic mass is 31.1. The molecule has 0 aliphatic rings. The molecule has 2 unspecified atom stereocenters. The normalized spacial score (nSPS) is 14.5. The van der Waals surface area contributed by atoms with Gasteiger partial charge in [-0.15, -0.1) is 0 Å². The fraction of sp³-hybridized carbons (Fsp3) is 0.143. The molecule has 1 aromatic rings. The molecule has 2 atom stereocenters. The van der Waals surface area contributed by atoms with Crippen LogP contribution < -0.4 is 0 Å². The van der Waals surface area contributed by atoms with Crippen LogP contribution in [0.5, 0.6) is 0 Å². The summed E-state index contributed by atoms with van der Waals surface area (Å²) in [5.41, 5.74) is 0.0376. The number of hydrogen-bond acceptors (Lipinski definition) is 5. The third-order valence-corrected chi connectivity index (χ3v) is 2.03. The van der Waals surface area contributed by atoms with Gasteiger partial charge in [0.25, 0.3) is 5.69 Å². The maximum Gasteiger partial charge on any atom is 0.319 e. The van der Waals surface area contributed by atoms with E-state index in [1.54, 1.807) is 0 Å². The van der Waals surface area contributed by atoms with Crippen molar-refractivity contribution in [3.05, 3.63) is 39.9 Å². The Labute approximate surface area is 85.0 Å². The van der Waals surface area contributed by atoms with E-state index in [0.717, 1.165) is 12.1 Å². The Morgan fingerprint density at radius 2 is 1.93 bits per heavy atom. The van der Waals surface area contributed by atoms with Gasteiger partial charge in [-0.2, -0.15) is 0 Å². The Hall–Kier alpha value is -1.27. The van der Waals surface area contributed by atoms with Gasteiger partial charge >= 0.3 is 8.25 Å². The lowest BCUT2D eigenvalue weighted by molar-refractivity contribution is -0.384. The van der Waals surface area contributed by atoms with Gasteiger partial charge in [-0.25, -0.2) is 0 Å². The second-order valence-corrected chi connectivity index (χ2v) is 3.35. The zero-order chi connectivity index (χ0) is 11.4. The number of aliphatic hydroxyl groups is 1. The third kappa shape index (κ3) is 3.41. The van der Waals surface area contributed by atoms with Crippen molar-refractivity contribution in [2.75, 3.05) is 0 Å². The maximum atomic E-state index is 10.3. The van der Waals surface area contributed by atoms with Gasteiger partial charge in [0, 0.05) is 17.7 Å². The number of nitro groups is 1. The van der Waals surface area contributed by atoms with Crippen LogP contribution in [0.25, 0.3) is 0 Å². The number of aliphatic hydroxyl groups excluding tert-OH is 1. The van der Waals surface area contributed by atoms with E-state index < -0.39 is 19.5 Å². The van der Waals surface area contributed by atoms with E-state index in [9.17, 15) is 19.8 Å². The van der Waals surface area contributed by atoms with Crippen molar-refractivity contribution in [1.82, 2.24) is 0 Å². The summed E-state index contributed by atoms with van der Waals surface area (Å²) in [6.45, 7) is 0. The molecule has 0 saturated carbocycles. The lowest BCUT2D eigenvalue weighted by atomic mass is 10.2. The van der Waals surface area contributed by atoms with Crippen molar-refractivity contribution in [3.8, 4) is 0 Å². The Balaban J connectivity index is 2.79. The van der Waals surface area contributed by atoms with E-state index in [-0.39, 0.29) is 11.3 Å².